The predicted molar refractivity (Wildman–Crippen MR) is 74.5 cm³/mol. The van der Waals surface area contributed by atoms with Gasteiger partial charge in [-0.3, -0.25) is 0 Å². The Morgan fingerprint density at radius 2 is 2.25 bits per heavy atom. The third-order valence-electron chi connectivity index (χ3n) is 3.29. The summed E-state index contributed by atoms with van der Waals surface area (Å²) < 4.78 is 31.8. The van der Waals surface area contributed by atoms with Crippen LogP contribution in [0.3, 0.4) is 0 Å². The van der Waals surface area contributed by atoms with E-state index in [1.807, 2.05) is 13.8 Å². The van der Waals surface area contributed by atoms with Crippen molar-refractivity contribution in [3.8, 4) is 0 Å². The molecule has 112 valence electrons. The molecule has 0 saturated carbocycles. The fourth-order valence-corrected chi connectivity index (χ4v) is 5.19. The lowest BCUT2D eigenvalue weighted by Gasteiger charge is -2.15. The number of hydrogen-bond acceptors (Lipinski definition) is 5. The number of hydrogen-bond donors (Lipinski definition) is 1. The van der Waals surface area contributed by atoms with Gasteiger partial charge in [-0.25, -0.2) is 13.2 Å². The van der Waals surface area contributed by atoms with E-state index in [1.165, 1.54) is 15.6 Å². The summed E-state index contributed by atoms with van der Waals surface area (Å²) in [6, 6.07) is 1.68. The van der Waals surface area contributed by atoms with Crippen molar-refractivity contribution in [1.29, 1.82) is 0 Å². The van der Waals surface area contributed by atoms with Gasteiger partial charge in [0.05, 0.1) is 6.10 Å². The van der Waals surface area contributed by atoms with Crippen molar-refractivity contribution < 1.29 is 23.1 Å². The predicted octanol–water partition coefficient (Wildman–Crippen LogP) is 1.23. The monoisotopic (exact) mass is 319 g/mol. The van der Waals surface area contributed by atoms with E-state index in [0.717, 1.165) is 10.4 Å². The minimum atomic E-state index is -3.49. The number of aryl methyl sites for hydroxylation is 2. The third kappa shape index (κ3) is 3.20. The largest absolute Gasteiger partial charge is 0.480 e. The van der Waals surface area contributed by atoms with E-state index in [-0.39, 0.29) is 12.6 Å². The average molecular weight is 319 g/mol. The topological polar surface area (TPSA) is 83.9 Å². The molecule has 1 N–H and O–H groups in total. The van der Waals surface area contributed by atoms with Crippen LogP contribution in [0.25, 0.3) is 0 Å². The normalized spacial score (nSPS) is 20.4. The lowest BCUT2D eigenvalue weighted by molar-refractivity contribution is -0.144. The minimum absolute atomic E-state index is 0.214. The quantitative estimate of drug-likeness (QED) is 0.882. The van der Waals surface area contributed by atoms with Gasteiger partial charge in [0, 0.05) is 18.0 Å². The first kappa shape index (κ1) is 15.4. The molecule has 0 radical (unpaired) electrons. The molecule has 2 heterocycles. The zero-order valence-electron chi connectivity index (χ0n) is 11.3. The van der Waals surface area contributed by atoms with Gasteiger partial charge in [0.25, 0.3) is 10.0 Å². The standard InChI is InChI=1S/C12H17NO5S2/c1-8-5-12(19-9(8)2)20(16,17)13-4-3-10(6-13)18-7-11(14)15/h5,10H,3-4,6-7H2,1-2H3,(H,14,15)/t10-/m0/s1. The number of rotatable bonds is 5. The number of carboxylic acids is 1. The fraction of sp³-hybridized carbons (Fsp3) is 0.583. The van der Waals surface area contributed by atoms with E-state index in [4.69, 9.17) is 9.84 Å². The molecule has 0 spiro atoms. The first-order valence-corrected chi connectivity index (χ1v) is 8.47. The summed E-state index contributed by atoms with van der Waals surface area (Å²) >= 11 is 1.26. The highest BCUT2D eigenvalue weighted by Crippen LogP contribution is 2.30. The maximum atomic E-state index is 12.4. The number of carboxylic acid groups (broad SMARTS) is 1. The summed E-state index contributed by atoms with van der Waals surface area (Å²) in [5, 5.41) is 8.56. The fourth-order valence-electron chi connectivity index (χ4n) is 2.03. The molecule has 8 heteroatoms. The van der Waals surface area contributed by atoms with Gasteiger partial charge >= 0.3 is 5.97 Å². The van der Waals surface area contributed by atoms with Crippen LogP contribution in [0.15, 0.2) is 10.3 Å². The number of thiophene rings is 1. The second-order valence-corrected chi connectivity index (χ2v) is 8.20. The zero-order chi connectivity index (χ0) is 14.9. The Kier molecular flexibility index (Phi) is 4.48. The van der Waals surface area contributed by atoms with Crippen molar-refractivity contribution in [2.24, 2.45) is 0 Å². The molecule has 2 rings (SSSR count). The van der Waals surface area contributed by atoms with Gasteiger partial charge in [-0.1, -0.05) is 0 Å². The highest BCUT2D eigenvalue weighted by molar-refractivity contribution is 7.91. The number of ether oxygens (including phenoxy) is 1. The van der Waals surface area contributed by atoms with Crippen LogP contribution in [0.5, 0.6) is 0 Å². The summed E-state index contributed by atoms with van der Waals surface area (Å²) in [4.78, 5) is 11.4. The third-order valence-corrected chi connectivity index (χ3v) is 6.75. The second kappa shape index (κ2) is 5.80. The molecular weight excluding hydrogens is 302 g/mol. The summed E-state index contributed by atoms with van der Waals surface area (Å²) in [5.74, 6) is -1.05. The SMILES string of the molecule is Cc1cc(S(=O)(=O)N2CC[C@H](OCC(=O)O)C2)sc1C. The number of sulfonamides is 1. The number of carbonyl (C=O) groups is 1. The van der Waals surface area contributed by atoms with Crippen LogP contribution >= 0.6 is 11.3 Å². The summed E-state index contributed by atoms with van der Waals surface area (Å²) in [6.45, 7) is 3.96. The van der Waals surface area contributed by atoms with Crippen LogP contribution < -0.4 is 0 Å². The van der Waals surface area contributed by atoms with Crippen LogP contribution in [0.1, 0.15) is 16.9 Å². The Bertz CT molecular complexity index is 588. The first-order chi connectivity index (χ1) is 9.30. The summed E-state index contributed by atoms with van der Waals surface area (Å²) in [5.41, 5.74) is 0.964. The number of nitrogens with zero attached hydrogens (tertiary/aromatic N) is 1. The minimum Gasteiger partial charge on any atom is -0.480 e. The maximum absolute atomic E-state index is 12.4. The molecule has 0 aliphatic carbocycles. The Morgan fingerprint density at radius 1 is 1.55 bits per heavy atom. The van der Waals surface area contributed by atoms with Crippen molar-refractivity contribution in [3.63, 3.8) is 0 Å². The van der Waals surface area contributed by atoms with E-state index in [2.05, 4.69) is 0 Å². The highest BCUT2D eigenvalue weighted by atomic mass is 32.2. The van der Waals surface area contributed by atoms with E-state index < -0.39 is 22.6 Å². The molecule has 1 atom stereocenters. The van der Waals surface area contributed by atoms with E-state index in [9.17, 15) is 13.2 Å². The molecule has 0 amide bonds. The molecule has 1 aliphatic rings. The van der Waals surface area contributed by atoms with Crippen molar-refractivity contribution in [2.75, 3.05) is 19.7 Å². The Morgan fingerprint density at radius 3 is 2.80 bits per heavy atom. The van der Waals surface area contributed by atoms with Crippen molar-refractivity contribution in [3.05, 3.63) is 16.5 Å². The van der Waals surface area contributed by atoms with E-state index in [1.54, 1.807) is 6.07 Å². The summed E-state index contributed by atoms with van der Waals surface area (Å²) in [6.07, 6.45) is 0.179. The summed E-state index contributed by atoms with van der Waals surface area (Å²) in [7, 11) is -3.49. The van der Waals surface area contributed by atoms with Crippen molar-refractivity contribution in [2.45, 2.75) is 30.6 Å². The lowest BCUT2D eigenvalue weighted by atomic mass is 10.3. The molecule has 6 nitrogen and oxygen atoms in total. The maximum Gasteiger partial charge on any atom is 0.329 e. The van der Waals surface area contributed by atoms with Gasteiger partial charge in [0.2, 0.25) is 0 Å². The van der Waals surface area contributed by atoms with Crippen molar-refractivity contribution >= 4 is 27.3 Å². The van der Waals surface area contributed by atoms with Gasteiger partial charge < -0.3 is 9.84 Å². The Labute approximate surface area is 122 Å². The second-order valence-electron chi connectivity index (χ2n) is 4.78. The van der Waals surface area contributed by atoms with E-state index >= 15 is 0 Å². The van der Waals surface area contributed by atoms with Crippen LogP contribution in [-0.2, 0) is 19.6 Å². The first-order valence-electron chi connectivity index (χ1n) is 6.21. The van der Waals surface area contributed by atoms with Gasteiger partial charge in [-0.2, -0.15) is 4.31 Å². The molecule has 1 aromatic rings. The van der Waals surface area contributed by atoms with Gasteiger partial charge in [-0.05, 0) is 31.9 Å². The number of aliphatic carboxylic acids is 1. The smallest absolute Gasteiger partial charge is 0.329 e. The van der Waals surface area contributed by atoms with Gasteiger partial charge in [0.1, 0.15) is 10.8 Å². The van der Waals surface area contributed by atoms with Crippen LogP contribution in [0, 0.1) is 13.8 Å². The molecule has 20 heavy (non-hydrogen) atoms. The molecular formula is C12H17NO5S2. The highest BCUT2D eigenvalue weighted by Gasteiger charge is 2.34. The molecule has 0 aromatic carbocycles. The molecule has 1 saturated heterocycles. The molecule has 1 fully saturated rings. The molecule has 0 unspecified atom stereocenters. The lowest BCUT2D eigenvalue weighted by Crippen LogP contribution is -2.30. The Balaban J connectivity index is 2.06. The molecule has 0 bridgehead atoms. The zero-order valence-corrected chi connectivity index (χ0v) is 13.0. The average Bonchev–Trinajstić information content (AvgIpc) is 2.95. The molecule has 1 aromatic heterocycles. The van der Waals surface area contributed by atoms with Crippen LogP contribution in [0.2, 0.25) is 0 Å². The van der Waals surface area contributed by atoms with Gasteiger partial charge in [0.15, 0.2) is 0 Å². The molecule has 1 aliphatic heterocycles. The van der Waals surface area contributed by atoms with Crippen molar-refractivity contribution in [1.82, 2.24) is 4.31 Å². The van der Waals surface area contributed by atoms with E-state index in [0.29, 0.717) is 17.2 Å². The van der Waals surface area contributed by atoms with Crippen LogP contribution in [0.4, 0.5) is 0 Å². The van der Waals surface area contributed by atoms with Crippen LogP contribution in [-0.4, -0.2) is 49.6 Å². The van der Waals surface area contributed by atoms with Gasteiger partial charge in [-0.15, -0.1) is 11.3 Å². The Hall–Kier alpha value is -0.960.